The highest BCUT2D eigenvalue weighted by Crippen LogP contribution is 2.28. The first-order valence-corrected chi connectivity index (χ1v) is 8.95. The molecule has 8 heteroatoms. The van der Waals surface area contributed by atoms with Gasteiger partial charge in [0.2, 0.25) is 5.91 Å². The van der Waals surface area contributed by atoms with Crippen LogP contribution in [-0.4, -0.2) is 38.1 Å². The summed E-state index contributed by atoms with van der Waals surface area (Å²) >= 11 is 0. The van der Waals surface area contributed by atoms with Crippen molar-refractivity contribution in [2.75, 3.05) is 19.5 Å². The standard InChI is InChI=1S/C21H24N2O6/c1-13(21(26)23-16-8-6-15(7-9-16)20(22)25)29-19(24)11-5-14-4-10-17(27-2)18(12-14)28-3/h4,6-10,12-13H,5,11H2,1-3H3,(H2,22,25)(H,23,26)/t13-/m0/s1. The van der Waals surface area contributed by atoms with Gasteiger partial charge in [-0.2, -0.15) is 0 Å². The fourth-order valence-corrected chi connectivity index (χ4v) is 2.55. The van der Waals surface area contributed by atoms with Crippen LogP contribution < -0.4 is 20.5 Å². The Morgan fingerprint density at radius 2 is 1.66 bits per heavy atom. The van der Waals surface area contributed by atoms with Gasteiger partial charge in [0.05, 0.1) is 14.2 Å². The number of hydrogen-bond donors (Lipinski definition) is 2. The number of aryl methyl sites for hydroxylation is 1. The largest absolute Gasteiger partial charge is 0.493 e. The lowest BCUT2D eigenvalue weighted by Gasteiger charge is -2.14. The highest BCUT2D eigenvalue weighted by atomic mass is 16.5. The summed E-state index contributed by atoms with van der Waals surface area (Å²) in [7, 11) is 3.09. The second-order valence-corrected chi connectivity index (χ2v) is 6.25. The highest BCUT2D eigenvalue weighted by Gasteiger charge is 2.18. The van der Waals surface area contributed by atoms with Gasteiger partial charge in [0, 0.05) is 17.7 Å². The minimum Gasteiger partial charge on any atom is -0.493 e. The number of esters is 1. The number of hydrogen-bond acceptors (Lipinski definition) is 6. The number of ether oxygens (including phenoxy) is 3. The second-order valence-electron chi connectivity index (χ2n) is 6.25. The molecule has 0 saturated carbocycles. The fraction of sp³-hybridized carbons (Fsp3) is 0.286. The first kappa shape index (κ1) is 21.7. The Hall–Kier alpha value is -3.55. The predicted octanol–water partition coefficient (Wildman–Crippen LogP) is 2.31. The molecule has 0 aliphatic carbocycles. The molecule has 0 aliphatic rings. The number of carbonyl (C=O) groups is 3. The van der Waals surface area contributed by atoms with Crippen molar-refractivity contribution < 1.29 is 28.6 Å². The van der Waals surface area contributed by atoms with Crippen molar-refractivity contribution in [3.05, 3.63) is 53.6 Å². The highest BCUT2D eigenvalue weighted by molar-refractivity contribution is 5.96. The number of rotatable bonds is 9. The van der Waals surface area contributed by atoms with Crippen molar-refractivity contribution in [3.63, 3.8) is 0 Å². The first-order chi connectivity index (χ1) is 13.8. The third-order valence-electron chi connectivity index (χ3n) is 4.18. The maximum atomic E-state index is 12.2. The van der Waals surface area contributed by atoms with E-state index >= 15 is 0 Å². The van der Waals surface area contributed by atoms with E-state index in [9.17, 15) is 14.4 Å². The second kappa shape index (κ2) is 10.1. The molecule has 154 valence electrons. The monoisotopic (exact) mass is 400 g/mol. The van der Waals surface area contributed by atoms with E-state index in [0.29, 0.717) is 29.2 Å². The van der Waals surface area contributed by atoms with Crippen molar-refractivity contribution >= 4 is 23.5 Å². The van der Waals surface area contributed by atoms with Crippen molar-refractivity contribution in [2.45, 2.75) is 25.9 Å². The molecule has 8 nitrogen and oxygen atoms in total. The lowest BCUT2D eigenvalue weighted by molar-refractivity contribution is -0.153. The molecule has 0 saturated heterocycles. The quantitative estimate of drug-likeness (QED) is 0.624. The van der Waals surface area contributed by atoms with Gasteiger partial charge in [-0.05, 0) is 55.3 Å². The summed E-state index contributed by atoms with van der Waals surface area (Å²) in [6.07, 6.45) is -0.425. The van der Waals surface area contributed by atoms with Gasteiger partial charge in [0.15, 0.2) is 17.6 Å². The van der Waals surface area contributed by atoms with Gasteiger partial charge in [0.1, 0.15) is 0 Å². The Kier molecular flexibility index (Phi) is 7.59. The molecule has 0 heterocycles. The average Bonchev–Trinajstić information content (AvgIpc) is 2.72. The summed E-state index contributed by atoms with van der Waals surface area (Å²) in [5.41, 5.74) is 6.85. The molecule has 2 aromatic rings. The third kappa shape index (κ3) is 6.24. The summed E-state index contributed by atoms with van der Waals surface area (Å²) in [5.74, 6) is -0.344. The average molecular weight is 400 g/mol. The van der Waals surface area contributed by atoms with E-state index in [0.717, 1.165) is 5.56 Å². The summed E-state index contributed by atoms with van der Waals surface area (Å²) < 4.78 is 15.6. The molecule has 3 N–H and O–H groups in total. The van der Waals surface area contributed by atoms with E-state index < -0.39 is 23.9 Å². The van der Waals surface area contributed by atoms with E-state index in [1.807, 2.05) is 6.07 Å². The Balaban J connectivity index is 1.85. The fourth-order valence-electron chi connectivity index (χ4n) is 2.55. The zero-order valence-corrected chi connectivity index (χ0v) is 16.6. The summed E-state index contributed by atoms with van der Waals surface area (Å²) in [6.45, 7) is 1.49. The molecule has 1 atom stereocenters. The third-order valence-corrected chi connectivity index (χ3v) is 4.18. The van der Waals surface area contributed by atoms with Crippen molar-refractivity contribution in [2.24, 2.45) is 5.73 Å². The minimum atomic E-state index is -0.969. The van der Waals surface area contributed by atoms with Gasteiger partial charge in [-0.1, -0.05) is 6.07 Å². The van der Waals surface area contributed by atoms with Crippen LogP contribution in [-0.2, 0) is 20.7 Å². The molecule has 0 radical (unpaired) electrons. The normalized spacial score (nSPS) is 11.3. The Morgan fingerprint density at radius 3 is 2.24 bits per heavy atom. The smallest absolute Gasteiger partial charge is 0.306 e. The summed E-state index contributed by atoms with van der Waals surface area (Å²) in [5, 5.41) is 2.62. The van der Waals surface area contributed by atoms with Crippen molar-refractivity contribution in [1.29, 1.82) is 0 Å². The summed E-state index contributed by atoms with van der Waals surface area (Å²) in [4.78, 5) is 35.3. The Bertz CT molecular complexity index is 879. The van der Waals surface area contributed by atoms with Crippen LogP contribution in [0.1, 0.15) is 29.3 Å². The Labute approximate surface area is 168 Å². The van der Waals surface area contributed by atoms with E-state index in [1.54, 1.807) is 31.4 Å². The van der Waals surface area contributed by atoms with Crippen LogP contribution in [0.2, 0.25) is 0 Å². The van der Waals surface area contributed by atoms with Gasteiger partial charge in [-0.15, -0.1) is 0 Å². The number of nitrogens with two attached hydrogens (primary N) is 1. The SMILES string of the molecule is COc1ccc(CCC(=O)O[C@@H](C)C(=O)Nc2ccc(C(N)=O)cc2)cc1OC. The number of benzene rings is 2. The zero-order valence-electron chi connectivity index (χ0n) is 16.6. The molecule has 0 unspecified atom stereocenters. The number of carbonyl (C=O) groups excluding carboxylic acids is 3. The number of anilines is 1. The van der Waals surface area contributed by atoms with Crippen molar-refractivity contribution in [3.8, 4) is 11.5 Å². The molecule has 2 amide bonds. The van der Waals surface area contributed by atoms with Gasteiger partial charge in [0.25, 0.3) is 5.91 Å². The van der Waals surface area contributed by atoms with Crippen LogP contribution in [0, 0.1) is 0 Å². The predicted molar refractivity (Wildman–Crippen MR) is 107 cm³/mol. The molecule has 2 rings (SSSR count). The number of nitrogens with one attached hydrogen (secondary N) is 1. The topological polar surface area (TPSA) is 117 Å². The minimum absolute atomic E-state index is 0.112. The van der Waals surface area contributed by atoms with Crippen molar-refractivity contribution in [1.82, 2.24) is 0 Å². The van der Waals surface area contributed by atoms with E-state index in [2.05, 4.69) is 5.32 Å². The van der Waals surface area contributed by atoms with E-state index in [1.165, 1.54) is 26.2 Å². The molecule has 0 aliphatic heterocycles. The molecular formula is C21H24N2O6. The lowest BCUT2D eigenvalue weighted by atomic mass is 10.1. The van der Waals surface area contributed by atoms with Crippen LogP contribution in [0.3, 0.4) is 0 Å². The van der Waals surface area contributed by atoms with Gasteiger partial charge >= 0.3 is 5.97 Å². The Morgan fingerprint density at radius 1 is 1.00 bits per heavy atom. The maximum Gasteiger partial charge on any atom is 0.306 e. The zero-order chi connectivity index (χ0) is 21.4. The van der Waals surface area contributed by atoms with Crippen LogP contribution in [0.4, 0.5) is 5.69 Å². The number of methoxy groups -OCH3 is 2. The molecule has 0 spiro atoms. The van der Waals surface area contributed by atoms with Crippen LogP contribution in [0.15, 0.2) is 42.5 Å². The van der Waals surface area contributed by atoms with Crippen LogP contribution >= 0.6 is 0 Å². The van der Waals surface area contributed by atoms with E-state index in [4.69, 9.17) is 19.9 Å². The van der Waals surface area contributed by atoms with Gasteiger partial charge in [-0.3, -0.25) is 14.4 Å². The molecule has 2 aromatic carbocycles. The molecule has 0 aromatic heterocycles. The van der Waals surface area contributed by atoms with Crippen LogP contribution in [0.25, 0.3) is 0 Å². The summed E-state index contributed by atoms with van der Waals surface area (Å²) in [6, 6.07) is 11.5. The van der Waals surface area contributed by atoms with Gasteiger partial charge < -0.3 is 25.3 Å². The lowest BCUT2D eigenvalue weighted by Crippen LogP contribution is -2.30. The maximum absolute atomic E-state index is 12.2. The number of amides is 2. The first-order valence-electron chi connectivity index (χ1n) is 8.95. The number of primary amides is 1. The molecule has 29 heavy (non-hydrogen) atoms. The van der Waals surface area contributed by atoms with Crippen LogP contribution in [0.5, 0.6) is 11.5 Å². The molecular weight excluding hydrogens is 376 g/mol. The molecule has 0 fully saturated rings. The van der Waals surface area contributed by atoms with Gasteiger partial charge in [-0.25, -0.2) is 0 Å². The van der Waals surface area contributed by atoms with E-state index in [-0.39, 0.29) is 6.42 Å². The molecule has 0 bridgehead atoms.